The quantitative estimate of drug-likeness (QED) is 0.723. The molecule has 0 aliphatic heterocycles. The molecule has 4 nitrogen and oxygen atoms in total. The lowest BCUT2D eigenvalue weighted by Crippen LogP contribution is -1.96. The molecular weight excluding hydrogens is 170 g/mol. The van der Waals surface area contributed by atoms with Crippen LogP contribution in [0.25, 0.3) is 0 Å². The summed E-state index contributed by atoms with van der Waals surface area (Å²) >= 11 is 0. The van der Waals surface area contributed by atoms with Crippen molar-refractivity contribution in [2.45, 2.75) is 0 Å². The smallest absolute Gasteiger partial charge is 0.203 e. The zero-order chi connectivity index (χ0) is 12.3. The first-order valence-corrected chi connectivity index (χ1v) is 3.58. The Morgan fingerprint density at radius 3 is 2.08 bits per heavy atom. The minimum Gasteiger partial charge on any atom is -0.493 e. The molecule has 0 amide bonds. The summed E-state index contributed by atoms with van der Waals surface area (Å²) in [6, 6.07) is 2.92. The van der Waals surface area contributed by atoms with E-state index in [1.807, 2.05) is 0 Å². The number of rotatable bonds is 3. The van der Waals surface area contributed by atoms with E-state index in [-0.39, 0.29) is 17.2 Å². The van der Waals surface area contributed by atoms with Gasteiger partial charge in [0.2, 0.25) is 5.75 Å². The van der Waals surface area contributed by atoms with Crippen LogP contribution < -0.4 is 19.9 Å². The molecule has 0 bridgehead atoms. The van der Waals surface area contributed by atoms with Crippen LogP contribution in [-0.2, 0) is 0 Å². The molecule has 0 saturated carbocycles. The van der Waals surface area contributed by atoms with Crippen molar-refractivity contribution in [3.63, 3.8) is 0 Å². The van der Waals surface area contributed by atoms with E-state index in [2.05, 4.69) is 0 Å². The average Bonchev–Trinajstić information content (AvgIpc) is 2.18. The second-order valence-electron chi connectivity index (χ2n) is 2.36. The molecule has 1 aromatic carbocycles. The Morgan fingerprint density at radius 2 is 1.69 bits per heavy atom. The second-order valence-corrected chi connectivity index (χ2v) is 2.36. The monoisotopic (exact) mass is 186 g/mol. The molecule has 0 spiro atoms. The Balaban J connectivity index is 3.22. The molecule has 0 saturated heterocycles. The Labute approximate surface area is 81.4 Å². The lowest BCUT2D eigenvalue weighted by molar-refractivity contribution is 0.325. The minimum atomic E-state index is -2.57. The summed E-state index contributed by atoms with van der Waals surface area (Å²) in [4.78, 5) is 0. The van der Waals surface area contributed by atoms with Crippen molar-refractivity contribution in [3.8, 4) is 17.2 Å². The first-order chi connectivity index (χ1) is 7.37. The van der Waals surface area contributed by atoms with Gasteiger partial charge >= 0.3 is 0 Å². The number of methoxy groups -OCH3 is 3. The minimum absolute atomic E-state index is 0.0131. The van der Waals surface area contributed by atoms with Gasteiger partial charge in [-0.25, -0.2) is 0 Å². The molecule has 13 heavy (non-hydrogen) atoms. The van der Waals surface area contributed by atoms with Gasteiger partial charge in [-0.05, 0) is 0 Å². The Morgan fingerprint density at radius 1 is 1.15 bits per heavy atom. The number of anilines is 1. The highest BCUT2D eigenvalue weighted by molar-refractivity contribution is 5.60. The molecule has 0 aliphatic carbocycles. The summed E-state index contributed by atoms with van der Waals surface area (Å²) < 4.78 is 35.9. The number of nitrogen functional groups attached to an aromatic ring is 1. The molecule has 4 heteroatoms. The average molecular weight is 186 g/mol. The molecule has 0 atom stereocenters. The number of hydrogen-bond acceptors (Lipinski definition) is 4. The van der Waals surface area contributed by atoms with Gasteiger partial charge in [-0.2, -0.15) is 0 Å². The summed E-state index contributed by atoms with van der Waals surface area (Å²) in [5.41, 5.74) is 5.98. The molecule has 0 unspecified atom stereocenters. The maximum Gasteiger partial charge on any atom is 0.203 e. The van der Waals surface area contributed by atoms with Crippen molar-refractivity contribution in [1.29, 1.82) is 0 Å². The van der Waals surface area contributed by atoms with Gasteiger partial charge in [-0.1, -0.05) is 0 Å². The maximum atomic E-state index is 7.04. The van der Waals surface area contributed by atoms with Gasteiger partial charge in [-0.15, -0.1) is 0 Å². The highest BCUT2D eigenvalue weighted by Crippen LogP contribution is 2.38. The van der Waals surface area contributed by atoms with E-state index < -0.39 is 7.04 Å². The predicted octanol–water partition coefficient (Wildman–Crippen LogP) is 1.29. The van der Waals surface area contributed by atoms with Gasteiger partial charge in [-0.3, -0.25) is 0 Å². The molecule has 0 aliphatic rings. The van der Waals surface area contributed by atoms with Crippen molar-refractivity contribution in [3.05, 3.63) is 12.1 Å². The normalized spacial score (nSPS) is 13.8. The standard InChI is InChI=1S/C9H13NO3/c1-11-7-4-6(10)5-8(12-2)9(7)13-3/h4-5H,10H2,1-3H3/i3D3. The van der Waals surface area contributed by atoms with Gasteiger partial charge in [0.05, 0.1) is 25.4 Å². The van der Waals surface area contributed by atoms with E-state index in [0.717, 1.165) is 0 Å². The zero-order valence-corrected chi connectivity index (χ0v) is 7.46. The molecule has 0 aromatic heterocycles. The van der Waals surface area contributed by atoms with Crippen LogP contribution in [0.15, 0.2) is 12.1 Å². The third-order valence-electron chi connectivity index (χ3n) is 1.58. The van der Waals surface area contributed by atoms with E-state index in [9.17, 15) is 0 Å². The van der Waals surface area contributed by atoms with E-state index in [1.54, 1.807) is 0 Å². The summed E-state index contributed by atoms with van der Waals surface area (Å²) in [5.74, 6) is 0.445. The zero-order valence-electron chi connectivity index (χ0n) is 10.5. The molecule has 0 radical (unpaired) electrons. The SMILES string of the molecule is [2H]C([2H])([2H])Oc1c(OC)cc(N)cc1OC. The van der Waals surface area contributed by atoms with Crippen LogP contribution in [0.5, 0.6) is 17.2 Å². The van der Waals surface area contributed by atoms with Crippen LogP contribution in [0.3, 0.4) is 0 Å². The number of hydrogen-bond donors (Lipinski definition) is 1. The molecular formula is C9H13NO3. The van der Waals surface area contributed by atoms with E-state index >= 15 is 0 Å². The van der Waals surface area contributed by atoms with Gasteiger partial charge in [0.1, 0.15) is 0 Å². The van der Waals surface area contributed by atoms with E-state index in [0.29, 0.717) is 5.69 Å². The van der Waals surface area contributed by atoms with Crippen molar-refractivity contribution in [2.75, 3.05) is 27.0 Å². The maximum absolute atomic E-state index is 7.04. The second kappa shape index (κ2) is 3.89. The fourth-order valence-corrected chi connectivity index (χ4v) is 1.00. The first-order valence-electron chi connectivity index (χ1n) is 5.08. The van der Waals surface area contributed by atoms with Crippen LogP contribution in [0.4, 0.5) is 5.69 Å². The van der Waals surface area contributed by atoms with E-state index in [4.69, 9.17) is 24.1 Å². The van der Waals surface area contributed by atoms with Crippen LogP contribution in [0, 0.1) is 0 Å². The molecule has 72 valence electrons. The van der Waals surface area contributed by atoms with Gasteiger partial charge in [0.15, 0.2) is 11.5 Å². The number of nitrogens with two attached hydrogens (primary N) is 1. The van der Waals surface area contributed by atoms with Crippen LogP contribution in [0.2, 0.25) is 0 Å². The summed E-state index contributed by atoms with van der Waals surface area (Å²) in [5, 5.41) is 0. The molecule has 1 rings (SSSR count). The van der Waals surface area contributed by atoms with Gasteiger partial charge < -0.3 is 19.9 Å². The predicted molar refractivity (Wildman–Crippen MR) is 50.5 cm³/mol. The van der Waals surface area contributed by atoms with Crippen molar-refractivity contribution in [1.82, 2.24) is 0 Å². The van der Waals surface area contributed by atoms with Crippen molar-refractivity contribution in [2.24, 2.45) is 0 Å². The van der Waals surface area contributed by atoms with Crippen LogP contribution in [0.1, 0.15) is 4.11 Å². The number of ether oxygens (including phenoxy) is 3. The summed E-state index contributed by atoms with van der Waals surface area (Å²) in [7, 11) is 0.206. The topological polar surface area (TPSA) is 53.7 Å². The Bertz CT molecular complexity index is 354. The fourth-order valence-electron chi connectivity index (χ4n) is 1.00. The fraction of sp³-hybridized carbons (Fsp3) is 0.333. The van der Waals surface area contributed by atoms with Gasteiger partial charge in [0.25, 0.3) is 0 Å². The van der Waals surface area contributed by atoms with Crippen molar-refractivity contribution >= 4 is 5.69 Å². The molecule has 2 N–H and O–H groups in total. The molecule has 0 fully saturated rings. The lowest BCUT2D eigenvalue weighted by Gasteiger charge is -2.12. The third-order valence-corrected chi connectivity index (χ3v) is 1.58. The van der Waals surface area contributed by atoms with E-state index in [1.165, 1.54) is 26.4 Å². The lowest BCUT2D eigenvalue weighted by atomic mass is 10.2. The van der Waals surface area contributed by atoms with Crippen LogP contribution in [-0.4, -0.2) is 21.3 Å². The Hall–Kier alpha value is -1.58. The Kier molecular flexibility index (Phi) is 1.78. The highest BCUT2D eigenvalue weighted by atomic mass is 16.5. The first kappa shape index (κ1) is 5.96. The largest absolute Gasteiger partial charge is 0.493 e. The highest BCUT2D eigenvalue weighted by Gasteiger charge is 2.11. The molecule has 0 heterocycles. The number of benzene rings is 1. The van der Waals surface area contributed by atoms with Crippen molar-refractivity contribution < 1.29 is 18.3 Å². The molecule has 1 aromatic rings. The van der Waals surface area contributed by atoms with Crippen LogP contribution >= 0.6 is 0 Å². The summed E-state index contributed by atoms with van der Waals surface area (Å²) in [6.45, 7) is 0. The third kappa shape index (κ3) is 1.77. The summed E-state index contributed by atoms with van der Waals surface area (Å²) in [6.07, 6.45) is 0. The van der Waals surface area contributed by atoms with Gasteiger partial charge in [0, 0.05) is 17.8 Å².